The van der Waals surface area contributed by atoms with E-state index in [9.17, 15) is 9.59 Å². The van der Waals surface area contributed by atoms with E-state index < -0.39 is 17.2 Å². The third-order valence-electron chi connectivity index (χ3n) is 5.11. The molecule has 5 rings (SSSR count). The molecule has 0 fully saturated rings. The number of thiazole rings is 1. The maximum Gasteiger partial charge on any atom is 0.345 e. The van der Waals surface area contributed by atoms with E-state index in [2.05, 4.69) is 0 Å². The van der Waals surface area contributed by atoms with Gasteiger partial charge in [-0.1, -0.05) is 36.0 Å². The fourth-order valence-corrected chi connectivity index (χ4v) is 5.77. The van der Waals surface area contributed by atoms with Crippen LogP contribution in [0.4, 0.5) is 10.1 Å². The Balaban J connectivity index is 1.87. The summed E-state index contributed by atoms with van der Waals surface area (Å²) >= 11 is 2.52. The van der Waals surface area contributed by atoms with Gasteiger partial charge in [0.25, 0.3) is 0 Å². The molecular weight excluding hydrogens is 447 g/mol. The van der Waals surface area contributed by atoms with E-state index in [4.69, 9.17) is 10.5 Å². The van der Waals surface area contributed by atoms with E-state index in [1.807, 2.05) is 46.9 Å². The number of benzene rings is 3. The van der Waals surface area contributed by atoms with Crippen molar-refractivity contribution < 1.29 is 13.9 Å². The van der Waals surface area contributed by atoms with Crippen molar-refractivity contribution in [2.45, 2.75) is 16.7 Å². The largest absolute Gasteiger partial charge is 0.462 e. The van der Waals surface area contributed by atoms with Crippen LogP contribution in [0, 0.1) is 5.82 Å². The number of nitrogen functional groups attached to an aromatic ring is 1. The Kier molecular flexibility index (Phi) is 5.11. The number of rotatable bonds is 4. The third-order valence-corrected chi connectivity index (χ3v) is 7.38. The van der Waals surface area contributed by atoms with Crippen LogP contribution < -0.4 is 11.2 Å². The van der Waals surface area contributed by atoms with Crippen molar-refractivity contribution in [2.75, 3.05) is 12.3 Å². The number of nitrogens with two attached hydrogens (primary N) is 1. The number of hydrogen-bond acceptors (Lipinski definition) is 6. The highest BCUT2D eigenvalue weighted by Gasteiger charge is 2.24. The first-order valence-electron chi connectivity index (χ1n) is 9.88. The number of anilines is 1. The van der Waals surface area contributed by atoms with Crippen LogP contribution in [0.2, 0.25) is 0 Å². The average molecular weight is 465 g/mol. The van der Waals surface area contributed by atoms with Gasteiger partial charge in [0.2, 0.25) is 5.43 Å². The zero-order valence-corrected chi connectivity index (χ0v) is 18.6. The first-order valence-corrected chi connectivity index (χ1v) is 11.5. The van der Waals surface area contributed by atoms with Crippen LogP contribution in [0.25, 0.3) is 25.9 Å². The topological polar surface area (TPSA) is 73.8 Å². The van der Waals surface area contributed by atoms with Gasteiger partial charge in [0.15, 0.2) is 0 Å². The second kappa shape index (κ2) is 7.96. The Morgan fingerprint density at radius 2 is 1.84 bits per heavy atom. The average Bonchev–Trinajstić information content (AvgIpc) is 3.15. The summed E-state index contributed by atoms with van der Waals surface area (Å²) in [5, 5.41) is 0.122. The molecule has 5 aromatic rings. The molecule has 3 aromatic carbocycles. The summed E-state index contributed by atoms with van der Waals surface area (Å²) in [4.78, 5) is 27.5. The number of ether oxygens (including phenoxy) is 1. The van der Waals surface area contributed by atoms with E-state index in [1.165, 1.54) is 29.2 Å². The van der Waals surface area contributed by atoms with Gasteiger partial charge < -0.3 is 10.5 Å². The van der Waals surface area contributed by atoms with Gasteiger partial charge in [-0.2, -0.15) is 0 Å². The summed E-state index contributed by atoms with van der Waals surface area (Å²) in [6.45, 7) is 1.81. The molecule has 0 unspecified atom stereocenters. The van der Waals surface area contributed by atoms with Crippen molar-refractivity contribution in [3.05, 3.63) is 82.3 Å². The van der Waals surface area contributed by atoms with Crippen molar-refractivity contribution >= 4 is 60.7 Å². The number of carbonyl (C=O) groups is 1. The quantitative estimate of drug-likeness (QED) is 0.272. The smallest absolute Gasteiger partial charge is 0.345 e. The molecule has 32 heavy (non-hydrogen) atoms. The molecule has 0 atom stereocenters. The Labute approximate surface area is 190 Å². The molecule has 0 amide bonds. The Morgan fingerprint density at radius 1 is 1.09 bits per heavy atom. The first-order chi connectivity index (χ1) is 15.5. The van der Waals surface area contributed by atoms with Gasteiger partial charge in [-0.25, -0.2) is 9.18 Å². The van der Waals surface area contributed by atoms with Crippen LogP contribution in [-0.4, -0.2) is 17.0 Å². The number of hydrogen-bond donors (Lipinski definition) is 1. The number of aromatic nitrogens is 1. The SMILES string of the molecule is CCOC(=O)c1c(=O)c2cc(F)c(Sc3ccccc3N)cc2n2c1sc1ccccc12. The second-order valence-corrected chi connectivity index (χ2v) is 9.19. The standard InChI is InChI=1S/C24H17FN2O3S2/c1-2-30-24(29)21-22(28)13-11-14(25)20(31-18-9-5-3-7-15(18)26)12-17(13)27-16-8-4-6-10-19(16)32-23(21)27/h3-12H,2,26H2,1H3. The molecule has 0 saturated heterocycles. The van der Waals surface area contributed by atoms with Gasteiger partial charge in [-0.15, -0.1) is 11.3 Å². The number of esters is 1. The number of pyridine rings is 1. The highest BCUT2D eigenvalue weighted by molar-refractivity contribution is 7.99. The lowest BCUT2D eigenvalue weighted by molar-refractivity contribution is 0.0527. The lowest BCUT2D eigenvalue weighted by Gasteiger charge is -2.11. The van der Waals surface area contributed by atoms with Crippen LogP contribution in [0.1, 0.15) is 17.3 Å². The molecule has 8 heteroatoms. The number of halogens is 1. The van der Waals surface area contributed by atoms with Crippen LogP contribution in [-0.2, 0) is 4.74 Å². The van der Waals surface area contributed by atoms with Gasteiger partial charge in [-0.3, -0.25) is 9.20 Å². The van der Waals surface area contributed by atoms with Crippen LogP contribution in [0.5, 0.6) is 0 Å². The predicted molar refractivity (Wildman–Crippen MR) is 127 cm³/mol. The van der Waals surface area contributed by atoms with E-state index in [0.29, 0.717) is 25.8 Å². The zero-order chi connectivity index (χ0) is 22.4. The van der Waals surface area contributed by atoms with E-state index in [-0.39, 0.29) is 17.6 Å². The number of carbonyl (C=O) groups excluding carboxylic acids is 1. The molecule has 0 aliphatic rings. The van der Waals surface area contributed by atoms with Crippen molar-refractivity contribution in [3.8, 4) is 0 Å². The maximum absolute atomic E-state index is 15.1. The number of fused-ring (bicyclic) bond motifs is 5. The summed E-state index contributed by atoms with van der Waals surface area (Å²) in [5.41, 5.74) is 7.30. The molecule has 0 bridgehead atoms. The van der Waals surface area contributed by atoms with Gasteiger partial charge in [0.05, 0.1) is 32.6 Å². The maximum atomic E-state index is 15.1. The highest BCUT2D eigenvalue weighted by Crippen LogP contribution is 2.37. The summed E-state index contributed by atoms with van der Waals surface area (Å²) in [7, 11) is 0. The van der Waals surface area contributed by atoms with Crippen molar-refractivity contribution in [3.63, 3.8) is 0 Å². The van der Waals surface area contributed by atoms with Crippen molar-refractivity contribution in [1.29, 1.82) is 0 Å². The zero-order valence-electron chi connectivity index (χ0n) is 16.9. The van der Waals surface area contributed by atoms with Crippen LogP contribution in [0.15, 0.2) is 75.2 Å². The molecule has 0 aliphatic carbocycles. The number of nitrogens with zero attached hydrogens (tertiary/aromatic N) is 1. The fourth-order valence-electron chi connectivity index (χ4n) is 3.68. The molecule has 5 nitrogen and oxygen atoms in total. The molecule has 2 aromatic heterocycles. The molecule has 2 heterocycles. The lowest BCUT2D eigenvalue weighted by Crippen LogP contribution is -2.20. The fraction of sp³-hybridized carbons (Fsp3) is 0.0833. The van der Waals surface area contributed by atoms with Crippen LogP contribution in [0.3, 0.4) is 0 Å². The summed E-state index contributed by atoms with van der Waals surface area (Å²) in [6.07, 6.45) is 0. The molecule has 2 N–H and O–H groups in total. The van der Waals surface area contributed by atoms with E-state index in [0.717, 1.165) is 10.2 Å². The Bertz CT molecular complexity index is 1590. The highest BCUT2D eigenvalue weighted by atomic mass is 32.2. The molecule has 0 saturated carbocycles. The molecule has 0 spiro atoms. The van der Waals surface area contributed by atoms with E-state index in [1.54, 1.807) is 19.1 Å². The first kappa shape index (κ1) is 20.5. The van der Waals surface area contributed by atoms with Gasteiger partial charge in [0.1, 0.15) is 16.2 Å². The predicted octanol–water partition coefficient (Wildman–Crippen LogP) is 5.72. The molecule has 0 aliphatic heterocycles. The Morgan fingerprint density at radius 3 is 2.62 bits per heavy atom. The summed E-state index contributed by atoms with van der Waals surface area (Å²) in [5.74, 6) is -1.27. The third kappa shape index (κ3) is 3.23. The normalized spacial score (nSPS) is 11.4. The second-order valence-electron chi connectivity index (χ2n) is 7.07. The minimum absolute atomic E-state index is 0.0762. The van der Waals surface area contributed by atoms with Crippen LogP contribution >= 0.6 is 23.1 Å². The monoisotopic (exact) mass is 464 g/mol. The van der Waals surface area contributed by atoms with Gasteiger partial charge in [0, 0.05) is 10.6 Å². The molecular formula is C24H17FN2O3S2. The summed E-state index contributed by atoms with van der Waals surface area (Å²) in [6, 6.07) is 17.6. The van der Waals surface area contributed by atoms with Gasteiger partial charge in [-0.05, 0) is 43.3 Å². The Hall–Kier alpha value is -3.36. The number of para-hydroxylation sites is 2. The van der Waals surface area contributed by atoms with Crippen molar-refractivity contribution in [2.24, 2.45) is 0 Å². The van der Waals surface area contributed by atoms with Gasteiger partial charge >= 0.3 is 5.97 Å². The van der Waals surface area contributed by atoms with E-state index >= 15 is 4.39 Å². The molecule has 0 radical (unpaired) electrons. The minimum Gasteiger partial charge on any atom is -0.462 e. The summed E-state index contributed by atoms with van der Waals surface area (Å²) < 4.78 is 23.0. The minimum atomic E-state index is -0.709. The lowest BCUT2D eigenvalue weighted by atomic mass is 10.1. The van der Waals surface area contributed by atoms with Crippen molar-refractivity contribution in [1.82, 2.24) is 4.40 Å². The molecule has 160 valence electrons.